The molecule has 1 aliphatic heterocycles. The molecule has 0 aromatic carbocycles. The predicted octanol–water partition coefficient (Wildman–Crippen LogP) is 1.75. The molecule has 3 rings (SSSR count). The molecule has 3 heterocycles. The van der Waals surface area contributed by atoms with E-state index in [0.717, 1.165) is 18.8 Å². The molecule has 23 heavy (non-hydrogen) atoms. The van der Waals surface area contributed by atoms with E-state index in [1.165, 1.54) is 12.6 Å². The maximum Gasteiger partial charge on any atom is 0.256 e. The maximum atomic E-state index is 12.1. The van der Waals surface area contributed by atoms with Crippen molar-refractivity contribution < 1.29 is 13.9 Å². The van der Waals surface area contributed by atoms with E-state index in [-0.39, 0.29) is 23.3 Å². The van der Waals surface area contributed by atoms with Gasteiger partial charge in [-0.3, -0.25) is 4.79 Å². The highest BCUT2D eigenvalue weighted by Gasteiger charge is 2.33. The maximum absolute atomic E-state index is 12.1. The van der Waals surface area contributed by atoms with Crippen LogP contribution in [0.15, 0.2) is 35.3 Å². The molecule has 2 aromatic rings. The number of halogens is 1. The molecule has 0 aliphatic carbocycles. The van der Waals surface area contributed by atoms with Crippen LogP contribution in [-0.2, 0) is 4.74 Å². The smallest absolute Gasteiger partial charge is 0.256 e. The van der Waals surface area contributed by atoms with Crippen molar-refractivity contribution in [2.24, 2.45) is 0 Å². The lowest BCUT2D eigenvalue weighted by Crippen LogP contribution is -2.40. The molecule has 0 saturated carbocycles. The van der Waals surface area contributed by atoms with E-state index in [9.17, 15) is 4.79 Å². The van der Waals surface area contributed by atoms with Crippen molar-refractivity contribution in [3.63, 3.8) is 0 Å². The number of ether oxygens (including phenoxy) is 1. The number of furan rings is 1. The number of amides is 1. The Kier molecular flexibility index (Phi) is 4.78. The van der Waals surface area contributed by atoms with Crippen LogP contribution in [-0.4, -0.2) is 48.2 Å². The molecule has 0 bridgehead atoms. The van der Waals surface area contributed by atoms with Crippen molar-refractivity contribution in [3.05, 3.63) is 41.7 Å². The number of nitrogens with one attached hydrogen (secondary N) is 1. The summed E-state index contributed by atoms with van der Waals surface area (Å²) in [4.78, 5) is 22.5. The van der Waals surface area contributed by atoms with Crippen LogP contribution < -0.4 is 10.2 Å². The lowest BCUT2D eigenvalue weighted by molar-refractivity contribution is 0.0946. The Bertz CT molecular complexity index is 664. The second kappa shape index (κ2) is 6.97. The Morgan fingerprint density at radius 1 is 1.57 bits per heavy atom. The van der Waals surface area contributed by atoms with Gasteiger partial charge >= 0.3 is 0 Å². The summed E-state index contributed by atoms with van der Waals surface area (Å²) < 4.78 is 10.4. The van der Waals surface area contributed by atoms with Crippen molar-refractivity contribution in [1.82, 2.24) is 15.3 Å². The molecule has 0 spiro atoms. The number of carbonyl (C=O) groups is 1. The van der Waals surface area contributed by atoms with E-state index in [1.807, 2.05) is 6.07 Å². The van der Waals surface area contributed by atoms with Crippen LogP contribution in [0.25, 0.3) is 0 Å². The van der Waals surface area contributed by atoms with Crippen LogP contribution in [0.3, 0.4) is 0 Å². The molecule has 2 atom stereocenters. The molecular weight excluding hydrogens is 320 g/mol. The number of nitrogens with zero attached hydrogens (tertiary/aromatic N) is 3. The summed E-state index contributed by atoms with van der Waals surface area (Å²) in [5.41, 5.74) is 0.335. The average Bonchev–Trinajstić information content (AvgIpc) is 3.19. The molecular formula is C15H17ClN4O3. The van der Waals surface area contributed by atoms with Crippen LogP contribution in [0, 0.1) is 0 Å². The van der Waals surface area contributed by atoms with Gasteiger partial charge < -0.3 is 19.4 Å². The molecule has 122 valence electrons. The SMILES string of the molecule is CO[C@@H]1C[C@H](CNC(=O)c2ccoc2Cl)N(c2ccncn2)C1. The van der Waals surface area contributed by atoms with E-state index in [0.29, 0.717) is 12.1 Å². The van der Waals surface area contributed by atoms with Crippen molar-refractivity contribution in [3.8, 4) is 0 Å². The molecule has 1 fully saturated rings. The van der Waals surface area contributed by atoms with Gasteiger partial charge in [-0.05, 0) is 30.2 Å². The number of aromatic nitrogens is 2. The molecule has 8 heteroatoms. The Balaban J connectivity index is 1.67. The van der Waals surface area contributed by atoms with E-state index in [1.54, 1.807) is 19.4 Å². The minimum absolute atomic E-state index is 0.0875. The number of hydrogen-bond acceptors (Lipinski definition) is 6. The van der Waals surface area contributed by atoms with Crippen LogP contribution in [0.5, 0.6) is 0 Å². The Labute approximate surface area is 138 Å². The van der Waals surface area contributed by atoms with E-state index >= 15 is 0 Å². The van der Waals surface area contributed by atoms with Gasteiger partial charge in [0.05, 0.1) is 24.0 Å². The summed E-state index contributed by atoms with van der Waals surface area (Å²) >= 11 is 5.83. The Morgan fingerprint density at radius 3 is 3.09 bits per heavy atom. The minimum atomic E-state index is -0.257. The molecule has 2 aromatic heterocycles. The fourth-order valence-electron chi connectivity index (χ4n) is 2.73. The van der Waals surface area contributed by atoms with Crippen LogP contribution >= 0.6 is 11.6 Å². The largest absolute Gasteiger partial charge is 0.452 e. The summed E-state index contributed by atoms with van der Waals surface area (Å²) in [5, 5.41) is 2.98. The van der Waals surface area contributed by atoms with Gasteiger partial charge in [0.15, 0.2) is 0 Å². The fraction of sp³-hybridized carbons (Fsp3) is 0.400. The van der Waals surface area contributed by atoms with Crippen molar-refractivity contribution >= 4 is 23.3 Å². The van der Waals surface area contributed by atoms with Crippen molar-refractivity contribution in [1.29, 1.82) is 0 Å². The highest BCUT2D eigenvalue weighted by Crippen LogP contribution is 2.25. The predicted molar refractivity (Wildman–Crippen MR) is 84.6 cm³/mol. The molecule has 7 nitrogen and oxygen atoms in total. The van der Waals surface area contributed by atoms with E-state index < -0.39 is 0 Å². The molecule has 0 radical (unpaired) electrons. The van der Waals surface area contributed by atoms with Gasteiger partial charge in [0.2, 0.25) is 5.22 Å². The zero-order chi connectivity index (χ0) is 16.2. The highest BCUT2D eigenvalue weighted by molar-refractivity contribution is 6.32. The standard InChI is InChI=1S/C15H17ClN4O3/c1-22-11-6-10(20(8-11)13-2-4-17-9-19-13)7-18-15(21)12-3-5-23-14(12)16/h2-5,9-11H,6-8H2,1H3,(H,18,21)/t10-,11-/m1/s1. The van der Waals surface area contributed by atoms with Crippen LogP contribution in [0.4, 0.5) is 5.82 Å². The monoisotopic (exact) mass is 336 g/mol. The van der Waals surface area contributed by atoms with Gasteiger partial charge in [-0.15, -0.1) is 0 Å². The number of carbonyl (C=O) groups excluding carboxylic acids is 1. The Hall–Kier alpha value is -2.12. The number of hydrogen-bond donors (Lipinski definition) is 1. The molecule has 1 saturated heterocycles. The minimum Gasteiger partial charge on any atom is -0.452 e. The van der Waals surface area contributed by atoms with Gasteiger partial charge in [0.25, 0.3) is 5.91 Å². The number of methoxy groups -OCH3 is 1. The molecule has 1 aliphatic rings. The molecule has 0 unspecified atom stereocenters. The van der Waals surface area contributed by atoms with Gasteiger partial charge in [-0.2, -0.15) is 0 Å². The highest BCUT2D eigenvalue weighted by atomic mass is 35.5. The zero-order valence-electron chi connectivity index (χ0n) is 12.6. The van der Waals surface area contributed by atoms with E-state index in [2.05, 4.69) is 20.2 Å². The summed E-state index contributed by atoms with van der Waals surface area (Å²) in [6.45, 7) is 1.19. The summed E-state index contributed by atoms with van der Waals surface area (Å²) in [6.07, 6.45) is 5.50. The molecule has 1 amide bonds. The van der Waals surface area contributed by atoms with E-state index in [4.69, 9.17) is 20.8 Å². The summed E-state index contributed by atoms with van der Waals surface area (Å²) in [6, 6.07) is 3.48. The van der Waals surface area contributed by atoms with Crippen molar-refractivity contribution in [2.75, 3.05) is 25.1 Å². The van der Waals surface area contributed by atoms with Crippen molar-refractivity contribution in [2.45, 2.75) is 18.6 Å². The summed E-state index contributed by atoms with van der Waals surface area (Å²) in [5.74, 6) is 0.562. The molecule has 1 N–H and O–H groups in total. The third-order valence-electron chi connectivity index (χ3n) is 3.93. The number of anilines is 1. The second-order valence-corrected chi connectivity index (χ2v) is 5.63. The first-order chi connectivity index (χ1) is 11.2. The lowest BCUT2D eigenvalue weighted by Gasteiger charge is -2.25. The first-order valence-corrected chi connectivity index (χ1v) is 7.63. The third-order valence-corrected chi connectivity index (χ3v) is 4.22. The van der Waals surface area contributed by atoms with Gasteiger partial charge in [0, 0.05) is 26.4 Å². The number of rotatable bonds is 5. The topological polar surface area (TPSA) is 80.5 Å². The first-order valence-electron chi connectivity index (χ1n) is 7.25. The summed E-state index contributed by atoms with van der Waals surface area (Å²) in [7, 11) is 1.69. The van der Waals surface area contributed by atoms with Gasteiger partial charge in [0.1, 0.15) is 12.1 Å². The van der Waals surface area contributed by atoms with Crippen LogP contribution in [0.2, 0.25) is 5.22 Å². The first kappa shape index (κ1) is 15.8. The second-order valence-electron chi connectivity index (χ2n) is 5.29. The average molecular weight is 337 g/mol. The normalized spacial score (nSPS) is 20.7. The van der Waals surface area contributed by atoms with Crippen LogP contribution in [0.1, 0.15) is 16.8 Å². The zero-order valence-corrected chi connectivity index (χ0v) is 13.4. The van der Waals surface area contributed by atoms with Gasteiger partial charge in [-0.25, -0.2) is 9.97 Å². The lowest BCUT2D eigenvalue weighted by atomic mass is 10.2. The Morgan fingerprint density at radius 2 is 2.43 bits per heavy atom. The van der Waals surface area contributed by atoms with Gasteiger partial charge in [-0.1, -0.05) is 0 Å². The third kappa shape index (κ3) is 3.46. The quantitative estimate of drug-likeness (QED) is 0.896. The fourth-order valence-corrected chi connectivity index (χ4v) is 2.93.